The van der Waals surface area contributed by atoms with Crippen molar-refractivity contribution in [3.05, 3.63) is 24.8 Å². The Kier molecular flexibility index (Phi) is 5.78. The van der Waals surface area contributed by atoms with E-state index < -0.39 is 0 Å². The Bertz CT molecular complexity index is 599. The minimum atomic E-state index is 0.0253. The summed E-state index contributed by atoms with van der Waals surface area (Å²) in [4.78, 5) is 15.9. The number of amidine groups is 1. The first-order valence-corrected chi connectivity index (χ1v) is 8.17. The molecule has 1 unspecified atom stereocenters. The maximum Gasteiger partial charge on any atom is 0.219 e. The maximum atomic E-state index is 4.75. The lowest BCUT2D eigenvalue weighted by atomic mass is 10.3. The molecule has 1 aromatic rings. The lowest BCUT2D eigenvalue weighted by Crippen LogP contribution is -2.56. The van der Waals surface area contributed by atoms with Crippen molar-refractivity contribution >= 4 is 17.6 Å². The Morgan fingerprint density at radius 2 is 2.22 bits per heavy atom. The highest BCUT2D eigenvalue weighted by molar-refractivity contribution is 6.01. The van der Waals surface area contributed by atoms with Gasteiger partial charge in [0.25, 0.3) is 0 Å². The first-order chi connectivity index (χ1) is 11.1. The van der Waals surface area contributed by atoms with Gasteiger partial charge in [0.15, 0.2) is 11.7 Å². The number of hydrogen-bond acceptors (Lipinski definition) is 5. The van der Waals surface area contributed by atoms with Crippen LogP contribution in [0.15, 0.2) is 34.8 Å². The Balaban J connectivity index is 2.37. The molecule has 7 heteroatoms. The van der Waals surface area contributed by atoms with Crippen molar-refractivity contribution in [2.45, 2.75) is 40.2 Å². The molecular formula is C16H27N7. The quantitative estimate of drug-likeness (QED) is 0.905. The molecule has 1 N–H and O–H groups in total. The zero-order valence-electron chi connectivity index (χ0n) is 14.7. The highest BCUT2D eigenvalue weighted by Crippen LogP contribution is 2.14. The lowest BCUT2D eigenvalue weighted by Gasteiger charge is -2.37. The van der Waals surface area contributed by atoms with Gasteiger partial charge in [-0.15, -0.1) is 0 Å². The van der Waals surface area contributed by atoms with Crippen molar-refractivity contribution in [3.63, 3.8) is 0 Å². The predicted octanol–water partition coefficient (Wildman–Crippen LogP) is 2.28. The van der Waals surface area contributed by atoms with Gasteiger partial charge in [0.05, 0.1) is 6.33 Å². The van der Waals surface area contributed by atoms with Crippen molar-refractivity contribution < 1.29 is 0 Å². The number of aryl methyl sites for hydroxylation is 1. The van der Waals surface area contributed by atoms with Gasteiger partial charge in [-0.05, 0) is 27.2 Å². The molecule has 0 aromatic carbocycles. The summed E-state index contributed by atoms with van der Waals surface area (Å²) < 4.78 is 1.88. The van der Waals surface area contributed by atoms with E-state index in [1.807, 2.05) is 42.0 Å². The summed E-state index contributed by atoms with van der Waals surface area (Å²) in [5.41, 5.74) is 3.38. The smallest absolute Gasteiger partial charge is 0.219 e. The standard InChI is InChI=1S/C16H27N7/c1-6-9-22(8-3)16-19-15(13(4)23(20-16)10-7-2)18-14-11-21(5)12-17-14/h7,10-13H,6,8-9H2,1-5H3,(H,18,19,20)/b10-7-. The number of hydrogen-bond donors (Lipinski definition) is 1. The molecule has 1 aliphatic rings. The molecule has 0 saturated carbocycles. The molecule has 0 bridgehead atoms. The summed E-state index contributed by atoms with van der Waals surface area (Å²) in [5, 5.41) is 2.03. The molecule has 0 fully saturated rings. The topological polar surface area (TPSA) is 61.0 Å². The second-order valence-electron chi connectivity index (χ2n) is 5.56. The van der Waals surface area contributed by atoms with Crippen molar-refractivity contribution in [2.24, 2.45) is 17.0 Å². The van der Waals surface area contributed by atoms with E-state index in [0.717, 1.165) is 31.3 Å². The van der Waals surface area contributed by atoms with E-state index in [2.05, 4.69) is 41.1 Å². The van der Waals surface area contributed by atoms with Crippen LogP contribution >= 0.6 is 0 Å². The number of nitrogens with one attached hydrogen (secondary N) is 1. The van der Waals surface area contributed by atoms with Gasteiger partial charge in [0.2, 0.25) is 5.96 Å². The Hall–Kier alpha value is -2.31. The Labute approximate surface area is 138 Å². The summed E-state index contributed by atoms with van der Waals surface area (Å²) in [5.74, 6) is 2.27. The molecule has 2 heterocycles. The third kappa shape index (κ3) is 4.12. The zero-order valence-corrected chi connectivity index (χ0v) is 14.7. The van der Waals surface area contributed by atoms with Crippen molar-refractivity contribution in [1.29, 1.82) is 0 Å². The van der Waals surface area contributed by atoms with Gasteiger partial charge in [0, 0.05) is 32.5 Å². The molecule has 0 spiro atoms. The van der Waals surface area contributed by atoms with E-state index in [-0.39, 0.29) is 6.04 Å². The lowest BCUT2D eigenvalue weighted by molar-refractivity contribution is 0.270. The fourth-order valence-corrected chi connectivity index (χ4v) is 2.41. The molecule has 7 nitrogen and oxygen atoms in total. The molecule has 1 aromatic heterocycles. The normalized spacial score (nSPS) is 20.0. The van der Waals surface area contributed by atoms with Gasteiger partial charge in [-0.1, -0.05) is 13.0 Å². The zero-order chi connectivity index (χ0) is 16.8. The van der Waals surface area contributed by atoms with E-state index in [0.29, 0.717) is 5.82 Å². The van der Waals surface area contributed by atoms with E-state index in [1.54, 1.807) is 6.33 Å². The van der Waals surface area contributed by atoms with Crippen molar-refractivity contribution in [1.82, 2.24) is 24.9 Å². The molecule has 126 valence electrons. The summed E-state index contributed by atoms with van der Waals surface area (Å²) in [6.45, 7) is 10.2. The van der Waals surface area contributed by atoms with Crippen LogP contribution in [0.4, 0.5) is 5.82 Å². The fourth-order valence-electron chi connectivity index (χ4n) is 2.41. The number of allylic oxidation sites excluding steroid dienone is 1. The summed E-state index contributed by atoms with van der Waals surface area (Å²) in [7, 11) is 1.93. The number of guanidine groups is 1. The molecule has 1 atom stereocenters. The number of imidazole rings is 1. The minimum absolute atomic E-state index is 0.0253. The van der Waals surface area contributed by atoms with Crippen LogP contribution in [0, 0.1) is 0 Å². The molecule has 0 saturated heterocycles. The molecular weight excluding hydrogens is 290 g/mol. The fraction of sp³-hybridized carbons (Fsp3) is 0.562. The molecule has 0 radical (unpaired) electrons. The summed E-state index contributed by atoms with van der Waals surface area (Å²) >= 11 is 0. The Morgan fingerprint density at radius 1 is 1.43 bits per heavy atom. The summed E-state index contributed by atoms with van der Waals surface area (Å²) in [6.07, 6.45) is 8.71. The third-order valence-electron chi connectivity index (χ3n) is 3.65. The number of nitrogens with zero attached hydrogens (tertiary/aromatic N) is 6. The van der Waals surface area contributed by atoms with Crippen LogP contribution in [-0.2, 0) is 7.05 Å². The minimum Gasteiger partial charge on any atom is -0.342 e. The number of rotatable bonds is 5. The van der Waals surface area contributed by atoms with Crippen LogP contribution in [0.3, 0.4) is 0 Å². The highest BCUT2D eigenvalue weighted by atomic mass is 15.6. The van der Waals surface area contributed by atoms with E-state index >= 15 is 0 Å². The number of hydrazine groups is 1. The average Bonchev–Trinajstić information content (AvgIpc) is 2.94. The van der Waals surface area contributed by atoms with Gasteiger partial charge >= 0.3 is 0 Å². The first kappa shape index (κ1) is 17.1. The predicted molar refractivity (Wildman–Crippen MR) is 94.5 cm³/mol. The Morgan fingerprint density at radius 3 is 2.78 bits per heavy atom. The van der Waals surface area contributed by atoms with Crippen LogP contribution < -0.4 is 5.43 Å². The largest absolute Gasteiger partial charge is 0.342 e. The van der Waals surface area contributed by atoms with Gasteiger partial charge in [-0.25, -0.2) is 9.98 Å². The van der Waals surface area contributed by atoms with E-state index in [9.17, 15) is 0 Å². The van der Waals surface area contributed by atoms with Gasteiger partial charge < -0.3 is 9.47 Å². The van der Waals surface area contributed by atoms with Crippen molar-refractivity contribution in [2.75, 3.05) is 13.1 Å². The third-order valence-corrected chi connectivity index (χ3v) is 3.65. The van der Waals surface area contributed by atoms with Gasteiger partial charge in [-0.2, -0.15) is 4.99 Å². The monoisotopic (exact) mass is 317 g/mol. The molecule has 0 aliphatic carbocycles. The SMILES string of the molecule is C/C=C\N1NC(N(CC)CCC)=N/C(=N/c2cn(C)cn2)C1C. The molecule has 23 heavy (non-hydrogen) atoms. The average molecular weight is 317 g/mol. The highest BCUT2D eigenvalue weighted by Gasteiger charge is 2.26. The maximum absolute atomic E-state index is 4.75. The number of aliphatic imine (C=N–C) groups is 2. The second-order valence-corrected chi connectivity index (χ2v) is 5.56. The second kappa shape index (κ2) is 7.80. The number of aromatic nitrogens is 2. The molecule has 2 rings (SSSR count). The van der Waals surface area contributed by atoms with Crippen LogP contribution in [0.2, 0.25) is 0 Å². The van der Waals surface area contributed by atoms with Crippen molar-refractivity contribution in [3.8, 4) is 0 Å². The van der Waals surface area contributed by atoms with Crippen LogP contribution in [-0.4, -0.2) is 50.4 Å². The van der Waals surface area contributed by atoms with Crippen LogP contribution in [0.25, 0.3) is 0 Å². The van der Waals surface area contributed by atoms with Gasteiger partial charge in [-0.3, -0.25) is 10.4 Å². The molecule has 0 amide bonds. The molecule has 1 aliphatic heterocycles. The van der Waals surface area contributed by atoms with Crippen LogP contribution in [0.1, 0.15) is 34.1 Å². The summed E-state index contributed by atoms with van der Waals surface area (Å²) in [6, 6.07) is 0.0253. The van der Waals surface area contributed by atoms with E-state index in [1.165, 1.54) is 0 Å². The van der Waals surface area contributed by atoms with Gasteiger partial charge in [0.1, 0.15) is 6.04 Å². The first-order valence-electron chi connectivity index (χ1n) is 8.17. The van der Waals surface area contributed by atoms with E-state index in [4.69, 9.17) is 4.99 Å². The van der Waals surface area contributed by atoms with Crippen LogP contribution in [0.5, 0.6) is 0 Å².